The van der Waals surface area contributed by atoms with Crippen LogP contribution in [0.5, 0.6) is 0 Å². The van der Waals surface area contributed by atoms with Crippen LogP contribution in [0.4, 0.5) is 0 Å². The maximum atomic E-state index is 11.3. The molecular weight excluding hydrogens is 532 g/mol. The molecule has 0 spiro atoms. The highest BCUT2D eigenvalue weighted by molar-refractivity contribution is 5.69. The highest BCUT2D eigenvalue weighted by Gasteiger charge is 2.37. The van der Waals surface area contributed by atoms with Crippen molar-refractivity contribution in [2.75, 3.05) is 14.2 Å². The first-order valence-electron chi connectivity index (χ1n) is 19.2. The number of carbonyl (C=O) groups excluding carboxylic acids is 2. The zero-order valence-electron chi connectivity index (χ0n) is 29.4. The third-order valence-corrected chi connectivity index (χ3v) is 10.6. The van der Waals surface area contributed by atoms with Gasteiger partial charge in [0.05, 0.1) is 14.2 Å². The second-order valence-corrected chi connectivity index (χ2v) is 13.9. The average Bonchev–Trinajstić information content (AvgIpc) is 3.02. The molecule has 254 valence electrons. The van der Waals surface area contributed by atoms with E-state index >= 15 is 0 Å². The molecule has 1 fully saturated rings. The van der Waals surface area contributed by atoms with Crippen molar-refractivity contribution in [2.45, 2.75) is 200 Å². The van der Waals surface area contributed by atoms with Gasteiger partial charge in [0.25, 0.3) is 0 Å². The number of esters is 2. The quantitative estimate of drug-likeness (QED) is 0.0628. The van der Waals surface area contributed by atoms with E-state index in [1.165, 1.54) is 162 Å². The molecule has 0 bridgehead atoms. The Balaban J connectivity index is 2.50. The molecule has 1 saturated carbocycles. The fraction of sp³-hybridized carbons (Fsp3) is 0.949. The van der Waals surface area contributed by atoms with E-state index in [9.17, 15) is 9.59 Å². The minimum atomic E-state index is -0.0656. The molecule has 43 heavy (non-hydrogen) atoms. The van der Waals surface area contributed by atoms with Crippen LogP contribution in [0.1, 0.15) is 200 Å². The third-order valence-electron chi connectivity index (χ3n) is 10.6. The molecule has 0 aliphatic heterocycles. The van der Waals surface area contributed by atoms with Crippen molar-refractivity contribution in [3.63, 3.8) is 0 Å². The van der Waals surface area contributed by atoms with Crippen LogP contribution in [0, 0.1) is 23.7 Å². The molecule has 0 aromatic carbocycles. The number of ether oxygens (including phenoxy) is 2. The second kappa shape index (κ2) is 28.4. The monoisotopic (exact) mass is 607 g/mol. The number of rotatable bonds is 29. The van der Waals surface area contributed by atoms with Crippen LogP contribution in [0.2, 0.25) is 0 Å². The van der Waals surface area contributed by atoms with Gasteiger partial charge in [-0.3, -0.25) is 9.59 Å². The van der Waals surface area contributed by atoms with Crippen LogP contribution in [0.15, 0.2) is 0 Å². The van der Waals surface area contributed by atoms with E-state index in [1.54, 1.807) is 0 Å². The normalized spacial score (nSPS) is 20.3. The smallest absolute Gasteiger partial charge is 0.305 e. The highest BCUT2D eigenvalue weighted by atomic mass is 16.5. The van der Waals surface area contributed by atoms with Crippen molar-refractivity contribution in [2.24, 2.45) is 23.7 Å². The summed E-state index contributed by atoms with van der Waals surface area (Å²) in [6.07, 6.45) is 37.6. The largest absolute Gasteiger partial charge is 0.469 e. The molecule has 0 heterocycles. The van der Waals surface area contributed by atoms with Crippen LogP contribution in [-0.2, 0) is 19.1 Å². The van der Waals surface area contributed by atoms with Gasteiger partial charge in [-0.25, -0.2) is 0 Å². The average molecular weight is 607 g/mol. The van der Waals surface area contributed by atoms with Crippen molar-refractivity contribution in [1.82, 2.24) is 0 Å². The van der Waals surface area contributed by atoms with Crippen molar-refractivity contribution in [1.29, 1.82) is 0 Å². The van der Waals surface area contributed by atoms with Crippen molar-refractivity contribution in [3.8, 4) is 0 Å². The van der Waals surface area contributed by atoms with Gasteiger partial charge in [0.2, 0.25) is 0 Å². The predicted molar refractivity (Wildman–Crippen MR) is 183 cm³/mol. The van der Waals surface area contributed by atoms with Crippen molar-refractivity contribution < 1.29 is 19.1 Å². The van der Waals surface area contributed by atoms with Gasteiger partial charge in [-0.05, 0) is 62.2 Å². The Morgan fingerprint density at radius 1 is 0.442 bits per heavy atom. The summed E-state index contributed by atoms with van der Waals surface area (Å²) in [6.45, 7) is 4.71. The van der Waals surface area contributed by atoms with Gasteiger partial charge in [-0.1, -0.05) is 149 Å². The molecule has 1 aliphatic rings. The van der Waals surface area contributed by atoms with E-state index < -0.39 is 0 Å². The second-order valence-electron chi connectivity index (χ2n) is 13.9. The van der Waals surface area contributed by atoms with E-state index in [2.05, 4.69) is 13.8 Å². The Morgan fingerprint density at radius 2 is 0.744 bits per heavy atom. The first kappa shape index (κ1) is 40.0. The van der Waals surface area contributed by atoms with E-state index in [0.29, 0.717) is 12.8 Å². The lowest BCUT2D eigenvalue weighted by atomic mass is 9.61. The fourth-order valence-electron chi connectivity index (χ4n) is 7.93. The number of unbranched alkanes of at least 4 members (excludes halogenated alkanes) is 17. The van der Waals surface area contributed by atoms with Gasteiger partial charge in [0.15, 0.2) is 0 Å². The first-order chi connectivity index (χ1) is 21.1. The Labute approximate surface area is 268 Å². The lowest BCUT2D eigenvalue weighted by Crippen LogP contribution is -2.35. The fourth-order valence-corrected chi connectivity index (χ4v) is 7.93. The summed E-state index contributed by atoms with van der Waals surface area (Å²) in [4.78, 5) is 22.6. The molecule has 4 unspecified atom stereocenters. The molecule has 0 aromatic rings. The summed E-state index contributed by atoms with van der Waals surface area (Å²) in [6, 6.07) is 0. The summed E-state index contributed by atoms with van der Waals surface area (Å²) in [5.74, 6) is 3.76. The number of methoxy groups -OCH3 is 2. The summed E-state index contributed by atoms with van der Waals surface area (Å²) in [5, 5.41) is 0. The molecule has 0 N–H and O–H groups in total. The molecule has 4 heteroatoms. The molecule has 4 atom stereocenters. The van der Waals surface area contributed by atoms with Gasteiger partial charge in [0, 0.05) is 12.8 Å². The molecule has 0 radical (unpaired) electrons. The molecule has 1 aliphatic carbocycles. The van der Waals surface area contributed by atoms with Crippen LogP contribution >= 0.6 is 0 Å². The Morgan fingerprint density at radius 3 is 1.12 bits per heavy atom. The van der Waals surface area contributed by atoms with Gasteiger partial charge in [0.1, 0.15) is 0 Å². The van der Waals surface area contributed by atoms with Gasteiger partial charge in [-0.15, -0.1) is 0 Å². The highest BCUT2D eigenvalue weighted by Crippen LogP contribution is 2.47. The van der Waals surface area contributed by atoms with Crippen LogP contribution < -0.4 is 0 Å². The van der Waals surface area contributed by atoms with Crippen molar-refractivity contribution >= 4 is 11.9 Å². The third kappa shape index (κ3) is 20.6. The van der Waals surface area contributed by atoms with Crippen molar-refractivity contribution in [3.05, 3.63) is 0 Å². The van der Waals surface area contributed by atoms with E-state index in [1.807, 2.05) is 0 Å². The van der Waals surface area contributed by atoms with E-state index in [4.69, 9.17) is 9.47 Å². The molecule has 0 amide bonds. The molecule has 1 rings (SSSR count). The van der Waals surface area contributed by atoms with Gasteiger partial charge in [-0.2, -0.15) is 0 Å². The number of hydrogen-bond acceptors (Lipinski definition) is 4. The number of hydrogen-bond donors (Lipinski definition) is 0. The maximum Gasteiger partial charge on any atom is 0.305 e. The maximum absolute atomic E-state index is 11.3. The van der Waals surface area contributed by atoms with E-state index in [-0.39, 0.29) is 11.9 Å². The van der Waals surface area contributed by atoms with Crippen LogP contribution in [-0.4, -0.2) is 26.2 Å². The summed E-state index contributed by atoms with van der Waals surface area (Å²) >= 11 is 0. The van der Waals surface area contributed by atoms with Gasteiger partial charge < -0.3 is 9.47 Å². The van der Waals surface area contributed by atoms with Crippen LogP contribution in [0.3, 0.4) is 0 Å². The summed E-state index contributed by atoms with van der Waals surface area (Å²) < 4.78 is 9.51. The standard InChI is InChI=1S/C39H74O4/c1-5-7-20-26-34-32-33-35(27-22-16-14-15-19-25-31-39(41)43-4)37(36(34)28-21-8-6-2)29-23-17-12-10-9-11-13-18-24-30-38(40)42-3/h34-37H,5-33H2,1-4H3. The van der Waals surface area contributed by atoms with Crippen LogP contribution in [0.25, 0.3) is 0 Å². The minimum Gasteiger partial charge on any atom is -0.469 e. The molecule has 0 saturated heterocycles. The lowest BCUT2D eigenvalue weighted by molar-refractivity contribution is -0.141. The zero-order valence-corrected chi connectivity index (χ0v) is 29.4. The predicted octanol–water partition coefficient (Wildman–Crippen LogP) is 12.2. The Kier molecular flexibility index (Phi) is 26.4. The van der Waals surface area contributed by atoms with E-state index in [0.717, 1.165) is 49.4 Å². The molecule has 0 aromatic heterocycles. The SMILES string of the molecule is CCCCCC1CCC(CCCCCCCCC(=O)OC)C(CCCCCCCCCCCC(=O)OC)C1CCCCC. The van der Waals surface area contributed by atoms with Gasteiger partial charge >= 0.3 is 11.9 Å². The topological polar surface area (TPSA) is 52.6 Å². The Hall–Kier alpha value is -1.06. The Bertz CT molecular complexity index is 647. The summed E-state index contributed by atoms with van der Waals surface area (Å²) in [5.41, 5.74) is 0. The molecule has 4 nitrogen and oxygen atoms in total. The zero-order chi connectivity index (χ0) is 31.4. The first-order valence-corrected chi connectivity index (χ1v) is 19.2. The molecular formula is C39H74O4. The number of carbonyl (C=O) groups is 2. The minimum absolute atomic E-state index is 0.0612. The lowest BCUT2D eigenvalue weighted by Gasteiger charge is -2.44. The summed E-state index contributed by atoms with van der Waals surface area (Å²) in [7, 11) is 2.97.